The summed E-state index contributed by atoms with van der Waals surface area (Å²) in [5, 5.41) is 10.1. The van der Waals surface area contributed by atoms with Crippen molar-refractivity contribution in [1.29, 1.82) is 0 Å². The molecule has 0 radical (unpaired) electrons. The summed E-state index contributed by atoms with van der Waals surface area (Å²) in [5.41, 5.74) is 1.06. The molecule has 0 saturated heterocycles. The summed E-state index contributed by atoms with van der Waals surface area (Å²) in [7, 11) is 1.31. The largest absolute Gasteiger partial charge is 0.507 e. The molecule has 1 aromatic heterocycles. The van der Waals surface area contributed by atoms with Crippen molar-refractivity contribution < 1.29 is 14.6 Å². The molecule has 2 N–H and O–H groups in total. The van der Waals surface area contributed by atoms with Gasteiger partial charge in [-0.05, 0) is 12.1 Å². The highest BCUT2D eigenvalue weighted by molar-refractivity contribution is 6.06. The fraction of sp³-hybridized carbons (Fsp3) is 0.100. The van der Waals surface area contributed by atoms with Gasteiger partial charge in [-0.3, -0.25) is 0 Å². The Morgan fingerprint density at radius 2 is 2.29 bits per heavy atom. The third-order valence-electron chi connectivity index (χ3n) is 2.09. The lowest BCUT2D eigenvalue weighted by atomic mass is 10.1. The first-order valence-corrected chi connectivity index (χ1v) is 4.11. The number of hydrogen-bond acceptors (Lipinski definition) is 3. The van der Waals surface area contributed by atoms with Gasteiger partial charge >= 0.3 is 5.97 Å². The first-order chi connectivity index (χ1) is 6.74. The molecular formula is C10H9NO3. The van der Waals surface area contributed by atoms with Crippen LogP contribution >= 0.6 is 0 Å². The van der Waals surface area contributed by atoms with Crippen LogP contribution < -0.4 is 0 Å². The molecule has 4 heteroatoms. The molecule has 2 rings (SSSR count). The van der Waals surface area contributed by atoms with Crippen LogP contribution in [0.1, 0.15) is 10.4 Å². The Morgan fingerprint density at radius 1 is 1.50 bits per heavy atom. The van der Waals surface area contributed by atoms with Crippen LogP contribution in [0.3, 0.4) is 0 Å². The van der Waals surface area contributed by atoms with Crippen LogP contribution in [0, 0.1) is 0 Å². The molecule has 0 amide bonds. The maximum atomic E-state index is 11.3. The fourth-order valence-electron chi connectivity index (χ4n) is 1.44. The van der Waals surface area contributed by atoms with Crippen molar-refractivity contribution in [1.82, 2.24) is 4.98 Å². The quantitative estimate of drug-likeness (QED) is 0.674. The third-order valence-corrected chi connectivity index (χ3v) is 2.09. The third kappa shape index (κ3) is 1.12. The van der Waals surface area contributed by atoms with E-state index in [1.165, 1.54) is 19.4 Å². The zero-order chi connectivity index (χ0) is 10.1. The molecule has 0 fully saturated rings. The van der Waals surface area contributed by atoms with Gasteiger partial charge < -0.3 is 14.8 Å². The summed E-state index contributed by atoms with van der Waals surface area (Å²) in [6.45, 7) is 0. The molecule has 0 atom stereocenters. The minimum Gasteiger partial charge on any atom is -0.507 e. The molecule has 0 aliphatic carbocycles. The van der Waals surface area contributed by atoms with Crippen molar-refractivity contribution in [2.45, 2.75) is 0 Å². The molecule has 2 aromatic rings. The lowest BCUT2D eigenvalue weighted by Crippen LogP contribution is -1.99. The summed E-state index contributed by atoms with van der Waals surface area (Å²) < 4.78 is 4.59. The van der Waals surface area contributed by atoms with Gasteiger partial charge in [0.15, 0.2) is 0 Å². The molecule has 72 valence electrons. The van der Waals surface area contributed by atoms with Gasteiger partial charge in [0.1, 0.15) is 5.75 Å². The zero-order valence-electron chi connectivity index (χ0n) is 7.57. The Hall–Kier alpha value is -1.97. The SMILES string of the molecule is COC(=O)c1c[nH]c2cccc(O)c12. The smallest absolute Gasteiger partial charge is 0.340 e. The highest BCUT2D eigenvalue weighted by atomic mass is 16.5. The van der Waals surface area contributed by atoms with Crippen LogP contribution in [0.15, 0.2) is 24.4 Å². The van der Waals surface area contributed by atoms with Crippen molar-refractivity contribution in [3.8, 4) is 5.75 Å². The van der Waals surface area contributed by atoms with Gasteiger partial charge in [-0.2, -0.15) is 0 Å². The number of rotatable bonds is 1. The van der Waals surface area contributed by atoms with Gasteiger partial charge in [-0.1, -0.05) is 6.07 Å². The average molecular weight is 191 g/mol. The molecule has 0 spiro atoms. The Kier molecular flexibility index (Phi) is 1.89. The predicted octanol–water partition coefficient (Wildman–Crippen LogP) is 1.66. The van der Waals surface area contributed by atoms with E-state index in [0.29, 0.717) is 16.5 Å². The van der Waals surface area contributed by atoms with Crippen LogP contribution in [0.5, 0.6) is 5.75 Å². The Labute approximate surface area is 80.1 Å². The topological polar surface area (TPSA) is 62.3 Å². The number of esters is 1. The maximum absolute atomic E-state index is 11.3. The molecule has 14 heavy (non-hydrogen) atoms. The second-order valence-corrected chi connectivity index (χ2v) is 2.89. The van der Waals surface area contributed by atoms with Crippen LogP contribution in [-0.2, 0) is 4.74 Å². The molecule has 0 unspecified atom stereocenters. The summed E-state index contributed by atoms with van der Waals surface area (Å²) in [6, 6.07) is 5.01. The molecule has 0 bridgehead atoms. The van der Waals surface area contributed by atoms with E-state index in [2.05, 4.69) is 9.72 Å². The Balaban J connectivity index is 2.73. The molecule has 1 heterocycles. The van der Waals surface area contributed by atoms with E-state index in [-0.39, 0.29) is 5.75 Å². The van der Waals surface area contributed by atoms with Gasteiger partial charge in [0.25, 0.3) is 0 Å². The maximum Gasteiger partial charge on any atom is 0.340 e. The van der Waals surface area contributed by atoms with E-state index in [1.807, 2.05) is 0 Å². The number of H-pyrrole nitrogens is 1. The average Bonchev–Trinajstić information content (AvgIpc) is 2.62. The van der Waals surface area contributed by atoms with Crippen molar-refractivity contribution in [3.05, 3.63) is 30.0 Å². The summed E-state index contributed by atoms with van der Waals surface area (Å²) in [6.07, 6.45) is 1.52. The number of phenols is 1. The number of fused-ring (bicyclic) bond motifs is 1. The van der Waals surface area contributed by atoms with Crippen LogP contribution in [0.2, 0.25) is 0 Å². The van der Waals surface area contributed by atoms with E-state index in [1.54, 1.807) is 12.1 Å². The molecule has 0 aliphatic heterocycles. The molecular weight excluding hydrogens is 182 g/mol. The van der Waals surface area contributed by atoms with Gasteiger partial charge in [0.05, 0.1) is 23.6 Å². The van der Waals surface area contributed by atoms with Gasteiger partial charge in [0, 0.05) is 6.20 Å². The normalized spacial score (nSPS) is 10.4. The standard InChI is InChI=1S/C10H9NO3/c1-14-10(13)6-5-11-7-3-2-4-8(12)9(6)7/h2-5,11-12H,1H3. The monoisotopic (exact) mass is 191 g/mol. The first-order valence-electron chi connectivity index (χ1n) is 4.11. The van der Waals surface area contributed by atoms with Crippen molar-refractivity contribution >= 4 is 16.9 Å². The second-order valence-electron chi connectivity index (χ2n) is 2.89. The van der Waals surface area contributed by atoms with Crippen molar-refractivity contribution in [2.24, 2.45) is 0 Å². The number of aromatic hydroxyl groups is 1. The number of nitrogens with one attached hydrogen (secondary N) is 1. The number of carbonyl (C=O) groups is 1. The molecule has 4 nitrogen and oxygen atoms in total. The first kappa shape index (κ1) is 8.62. The van der Waals surface area contributed by atoms with Crippen molar-refractivity contribution in [2.75, 3.05) is 7.11 Å². The van der Waals surface area contributed by atoms with E-state index in [9.17, 15) is 9.90 Å². The Morgan fingerprint density at radius 3 is 3.00 bits per heavy atom. The number of benzene rings is 1. The van der Waals surface area contributed by atoms with E-state index in [4.69, 9.17) is 0 Å². The molecule has 1 aromatic carbocycles. The molecule has 0 saturated carbocycles. The molecule has 0 aliphatic rings. The Bertz CT molecular complexity index is 487. The highest BCUT2D eigenvalue weighted by Crippen LogP contribution is 2.27. The van der Waals surface area contributed by atoms with E-state index >= 15 is 0 Å². The lowest BCUT2D eigenvalue weighted by molar-refractivity contribution is 0.0603. The minimum absolute atomic E-state index is 0.0733. The van der Waals surface area contributed by atoms with Gasteiger partial charge in [0.2, 0.25) is 0 Å². The highest BCUT2D eigenvalue weighted by Gasteiger charge is 2.14. The van der Waals surface area contributed by atoms with E-state index < -0.39 is 5.97 Å². The van der Waals surface area contributed by atoms with Crippen LogP contribution in [0.4, 0.5) is 0 Å². The number of methoxy groups -OCH3 is 1. The zero-order valence-corrected chi connectivity index (χ0v) is 7.57. The number of aromatic nitrogens is 1. The summed E-state index contributed by atoms with van der Waals surface area (Å²) >= 11 is 0. The number of phenolic OH excluding ortho intramolecular Hbond substituents is 1. The number of ether oxygens (including phenoxy) is 1. The summed E-state index contributed by atoms with van der Waals surface area (Å²) in [4.78, 5) is 14.2. The fourth-order valence-corrected chi connectivity index (χ4v) is 1.44. The number of aromatic amines is 1. The number of carbonyl (C=O) groups excluding carboxylic acids is 1. The summed E-state index contributed by atoms with van der Waals surface area (Å²) in [5.74, 6) is -0.387. The lowest BCUT2D eigenvalue weighted by Gasteiger charge is -1.98. The van der Waals surface area contributed by atoms with Gasteiger partial charge in [-0.25, -0.2) is 4.79 Å². The van der Waals surface area contributed by atoms with Crippen molar-refractivity contribution in [3.63, 3.8) is 0 Å². The van der Waals surface area contributed by atoms with E-state index in [0.717, 1.165) is 0 Å². The second kappa shape index (κ2) is 3.06. The number of hydrogen-bond donors (Lipinski definition) is 2. The van der Waals surface area contributed by atoms with Crippen LogP contribution in [-0.4, -0.2) is 23.2 Å². The van der Waals surface area contributed by atoms with Crippen LogP contribution in [0.25, 0.3) is 10.9 Å². The minimum atomic E-state index is -0.460. The van der Waals surface area contributed by atoms with Gasteiger partial charge in [-0.15, -0.1) is 0 Å². The predicted molar refractivity (Wildman–Crippen MR) is 51.3 cm³/mol.